The highest BCUT2D eigenvalue weighted by Crippen LogP contribution is 2.40. The first kappa shape index (κ1) is 16.7. The smallest absolute Gasteiger partial charge is 0.149 e. The van der Waals surface area contributed by atoms with Crippen molar-refractivity contribution in [1.82, 2.24) is 0 Å². The van der Waals surface area contributed by atoms with Crippen molar-refractivity contribution in [2.45, 2.75) is 32.2 Å². The maximum absolute atomic E-state index is 9.52. The van der Waals surface area contributed by atoms with Crippen molar-refractivity contribution in [3.63, 3.8) is 0 Å². The molecule has 0 bridgehead atoms. The van der Waals surface area contributed by atoms with E-state index in [0.717, 1.165) is 0 Å². The minimum absolute atomic E-state index is 0.0714. The van der Waals surface area contributed by atoms with E-state index >= 15 is 0 Å². The average Bonchev–Trinajstić information content (AvgIpc) is 2.49. The van der Waals surface area contributed by atoms with Gasteiger partial charge in [0, 0.05) is 6.61 Å². The molecule has 2 aromatic carbocycles. The molecule has 0 aliphatic carbocycles. The van der Waals surface area contributed by atoms with Crippen LogP contribution in [0.2, 0.25) is 5.04 Å². The number of aliphatic hydroxyl groups is 1. The van der Waals surface area contributed by atoms with Crippen LogP contribution in [0.3, 0.4) is 0 Å². The van der Waals surface area contributed by atoms with E-state index in [1.54, 1.807) is 0 Å². The minimum atomic E-state index is -2.23. The van der Waals surface area contributed by atoms with E-state index in [4.69, 9.17) is 0 Å². The zero-order valence-electron chi connectivity index (χ0n) is 13.8. The van der Waals surface area contributed by atoms with Crippen LogP contribution in [0.4, 0.5) is 0 Å². The summed E-state index contributed by atoms with van der Waals surface area (Å²) in [6, 6.07) is 21.5. The van der Waals surface area contributed by atoms with Crippen molar-refractivity contribution in [2.75, 3.05) is 6.61 Å². The maximum atomic E-state index is 9.52. The van der Waals surface area contributed by atoms with Gasteiger partial charge in [-0.2, -0.15) is 0 Å². The average molecular weight is 311 g/mol. The van der Waals surface area contributed by atoms with Gasteiger partial charge in [-0.25, -0.2) is 0 Å². The van der Waals surface area contributed by atoms with Crippen molar-refractivity contribution in [1.29, 1.82) is 0 Å². The Bertz CT molecular complexity index is 572. The van der Waals surface area contributed by atoms with Crippen molar-refractivity contribution in [3.8, 4) is 0 Å². The topological polar surface area (TPSA) is 20.2 Å². The van der Waals surface area contributed by atoms with Crippen LogP contribution in [-0.2, 0) is 0 Å². The normalized spacial score (nSPS) is 12.2. The van der Waals surface area contributed by atoms with Gasteiger partial charge < -0.3 is 5.11 Å². The summed E-state index contributed by atoms with van der Waals surface area (Å²) in [5, 5.41) is 13.5. The molecule has 0 saturated carbocycles. The monoisotopic (exact) mass is 310 g/mol. The molecule has 0 heterocycles. The highest BCUT2D eigenvalue weighted by Gasteiger charge is 2.49. The first-order valence-corrected chi connectivity index (χ1v) is 9.84. The van der Waals surface area contributed by atoms with Crippen LogP contribution in [0.1, 0.15) is 27.2 Å². The molecule has 22 heavy (non-hydrogen) atoms. The lowest BCUT2D eigenvalue weighted by molar-refractivity contribution is 0.301. The molecule has 0 spiro atoms. The van der Waals surface area contributed by atoms with Gasteiger partial charge in [-0.05, 0) is 21.8 Å². The Balaban J connectivity index is 2.79. The van der Waals surface area contributed by atoms with E-state index in [1.807, 2.05) is 0 Å². The highest BCUT2D eigenvalue weighted by molar-refractivity contribution is 7.09. The molecule has 1 nitrogen and oxygen atoms in total. The van der Waals surface area contributed by atoms with Crippen LogP contribution < -0.4 is 10.4 Å². The summed E-state index contributed by atoms with van der Waals surface area (Å²) in [6.45, 7) is 11.5. The Morgan fingerprint density at radius 2 is 1.32 bits per heavy atom. The Kier molecular flexibility index (Phi) is 5.04. The molecule has 0 atom stereocenters. The van der Waals surface area contributed by atoms with E-state index < -0.39 is 8.07 Å². The number of hydrogen-bond donors (Lipinski definition) is 1. The van der Waals surface area contributed by atoms with Gasteiger partial charge in [-0.15, -0.1) is 6.58 Å². The number of rotatable bonds is 5. The van der Waals surface area contributed by atoms with Crippen LogP contribution in [0.5, 0.6) is 0 Å². The van der Waals surface area contributed by atoms with E-state index in [9.17, 15) is 5.11 Å². The molecule has 2 heteroatoms. The lowest BCUT2D eigenvalue weighted by Gasteiger charge is -2.45. The fourth-order valence-corrected chi connectivity index (χ4v) is 9.48. The molecule has 0 aliphatic rings. The molecule has 2 rings (SSSR count). The maximum Gasteiger partial charge on any atom is 0.149 e. The number of aliphatic hydroxyl groups excluding tert-OH is 1. The second-order valence-corrected chi connectivity index (χ2v) is 11.7. The van der Waals surface area contributed by atoms with Crippen LogP contribution in [0.15, 0.2) is 72.4 Å². The lowest BCUT2D eigenvalue weighted by atomic mass is 10.2. The largest absolute Gasteiger partial charge is 0.396 e. The molecule has 116 valence electrons. The van der Waals surface area contributed by atoms with Crippen molar-refractivity contribution in [3.05, 3.63) is 72.4 Å². The van der Waals surface area contributed by atoms with Gasteiger partial charge in [0.2, 0.25) is 0 Å². The second kappa shape index (κ2) is 6.63. The molecule has 1 N–H and O–H groups in total. The van der Waals surface area contributed by atoms with Crippen LogP contribution >= 0.6 is 0 Å². The Hall–Kier alpha value is -1.64. The summed E-state index contributed by atoms with van der Waals surface area (Å²) in [7, 11) is -2.23. The van der Waals surface area contributed by atoms with Gasteiger partial charge in [0.25, 0.3) is 0 Å². The molecule has 0 radical (unpaired) electrons. The Morgan fingerprint density at radius 3 is 1.64 bits per heavy atom. The molecule has 0 saturated heterocycles. The number of hydrogen-bond acceptors (Lipinski definition) is 1. The molecule has 0 aromatic heterocycles. The van der Waals surface area contributed by atoms with Crippen molar-refractivity contribution < 1.29 is 5.11 Å². The third kappa shape index (κ3) is 2.81. The predicted octanol–water partition coefficient (Wildman–Crippen LogP) is 3.53. The summed E-state index contributed by atoms with van der Waals surface area (Å²) in [4.78, 5) is 0. The van der Waals surface area contributed by atoms with Gasteiger partial charge in [-0.1, -0.05) is 86.6 Å². The van der Waals surface area contributed by atoms with E-state index in [2.05, 4.69) is 88.0 Å². The molecule has 0 aliphatic heterocycles. The van der Waals surface area contributed by atoms with Gasteiger partial charge in [0.15, 0.2) is 0 Å². The molecule has 0 fully saturated rings. The quantitative estimate of drug-likeness (QED) is 0.838. The molecular formula is C20H26OSi. The van der Waals surface area contributed by atoms with Crippen LogP contribution in [0.25, 0.3) is 0 Å². The first-order valence-electron chi connectivity index (χ1n) is 7.84. The molecule has 0 amide bonds. The van der Waals surface area contributed by atoms with Gasteiger partial charge in [0.05, 0.1) is 0 Å². The third-order valence-electron chi connectivity index (χ3n) is 4.48. The fourth-order valence-electron chi connectivity index (χ4n) is 3.67. The van der Waals surface area contributed by atoms with Crippen LogP contribution in [0, 0.1) is 0 Å². The summed E-state index contributed by atoms with van der Waals surface area (Å²) < 4.78 is 0. The SMILES string of the molecule is C=C(CCO)[Si](c1ccccc1)(c1ccccc1)C(C)(C)C. The lowest BCUT2D eigenvalue weighted by Crippen LogP contribution is -2.65. The van der Waals surface area contributed by atoms with E-state index in [-0.39, 0.29) is 11.6 Å². The predicted molar refractivity (Wildman–Crippen MR) is 98.5 cm³/mol. The summed E-state index contributed by atoms with van der Waals surface area (Å²) in [5.74, 6) is 0. The highest BCUT2D eigenvalue weighted by atomic mass is 28.3. The van der Waals surface area contributed by atoms with Gasteiger partial charge in [-0.3, -0.25) is 0 Å². The van der Waals surface area contributed by atoms with Crippen molar-refractivity contribution in [2.24, 2.45) is 0 Å². The molecule has 2 aromatic rings. The van der Waals surface area contributed by atoms with Crippen LogP contribution in [-0.4, -0.2) is 19.8 Å². The van der Waals surface area contributed by atoms with E-state index in [1.165, 1.54) is 15.6 Å². The molecular weight excluding hydrogens is 284 g/mol. The van der Waals surface area contributed by atoms with Gasteiger partial charge >= 0.3 is 0 Å². The van der Waals surface area contributed by atoms with E-state index in [0.29, 0.717) is 6.42 Å². The first-order chi connectivity index (χ1) is 10.4. The van der Waals surface area contributed by atoms with Gasteiger partial charge in [0.1, 0.15) is 8.07 Å². The summed E-state index contributed by atoms with van der Waals surface area (Å²) in [6.07, 6.45) is 0.660. The number of benzene rings is 2. The summed E-state index contributed by atoms with van der Waals surface area (Å²) in [5.41, 5.74) is 0. The Morgan fingerprint density at radius 1 is 0.909 bits per heavy atom. The second-order valence-electron chi connectivity index (χ2n) is 6.81. The Labute approximate surface area is 135 Å². The fraction of sp³-hybridized carbons (Fsp3) is 0.300. The zero-order valence-corrected chi connectivity index (χ0v) is 14.8. The minimum Gasteiger partial charge on any atom is -0.396 e. The van der Waals surface area contributed by atoms with Crippen molar-refractivity contribution >= 4 is 18.4 Å². The zero-order chi connectivity index (χ0) is 16.2. The standard InChI is InChI=1S/C20H26OSi/c1-17(15-16-21)22(20(2,3)4,18-11-7-5-8-12-18)19-13-9-6-10-14-19/h5-14,21H,1,15-16H2,2-4H3. The third-order valence-corrected chi connectivity index (χ3v) is 10.4. The summed E-state index contributed by atoms with van der Waals surface area (Å²) >= 11 is 0. The molecule has 0 unspecified atom stereocenters.